The average molecular weight is 274 g/mol. The summed E-state index contributed by atoms with van der Waals surface area (Å²) < 4.78 is 0. The normalized spacial score (nSPS) is 19.8. The third-order valence-electron chi connectivity index (χ3n) is 5.02. The summed E-state index contributed by atoms with van der Waals surface area (Å²) in [7, 11) is 0. The first-order valence-corrected chi connectivity index (χ1v) is 7.87. The summed E-state index contributed by atoms with van der Waals surface area (Å²) in [5.41, 5.74) is 1.44. The fraction of sp³-hybridized carbons (Fsp3) is 0.611. The molecular formula is C18H26O2. The Morgan fingerprint density at radius 3 is 2.35 bits per heavy atom. The third-order valence-corrected chi connectivity index (χ3v) is 5.02. The zero-order valence-corrected chi connectivity index (χ0v) is 12.7. The zero-order chi connectivity index (χ0) is 14.6. The van der Waals surface area contributed by atoms with E-state index in [1.807, 2.05) is 0 Å². The predicted molar refractivity (Wildman–Crippen MR) is 81.9 cm³/mol. The molecule has 2 rings (SSSR count). The van der Waals surface area contributed by atoms with Crippen molar-refractivity contribution in [2.75, 3.05) is 0 Å². The van der Waals surface area contributed by atoms with Crippen LogP contribution in [0.1, 0.15) is 64.4 Å². The summed E-state index contributed by atoms with van der Waals surface area (Å²) >= 11 is 0. The Hall–Kier alpha value is -1.31. The van der Waals surface area contributed by atoms with Gasteiger partial charge in [-0.1, -0.05) is 38.8 Å². The van der Waals surface area contributed by atoms with Crippen molar-refractivity contribution in [3.05, 3.63) is 29.8 Å². The third kappa shape index (κ3) is 3.23. The highest BCUT2D eigenvalue weighted by Crippen LogP contribution is 2.44. The van der Waals surface area contributed by atoms with Crippen LogP contribution in [0.15, 0.2) is 24.3 Å². The van der Waals surface area contributed by atoms with Gasteiger partial charge in [-0.2, -0.15) is 0 Å². The van der Waals surface area contributed by atoms with Gasteiger partial charge in [0.15, 0.2) is 0 Å². The minimum Gasteiger partial charge on any atom is -0.508 e. The van der Waals surface area contributed by atoms with Crippen LogP contribution in [0.3, 0.4) is 0 Å². The van der Waals surface area contributed by atoms with Crippen LogP contribution in [-0.4, -0.2) is 10.9 Å². The smallest absolute Gasteiger partial charge is 0.132 e. The molecule has 0 saturated heterocycles. The van der Waals surface area contributed by atoms with E-state index < -0.39 is 0 Å². The van der Waals surface area contributed by atoms with E-state index in [4.69, 9.17) is 0 Å². The van der Waals surface area contributed by atoms with E-state index in [-0.39, 0.29) is 5.41 Å². The van der Waals surface area contributed by atoms with Crippen LogP contribution in [0, 0.1) is 5.92 Å². The molecule has 1 aromatic carbocycles. The molecule has 1 atom stereocenters. The first kappa shape index (κ1) is 15.1. The number of benzene rings is 1. The second-order valence-electron chi connectivity index (χ2n) is 6.38. The van der Waals surface area contributed by atoms with E-state index in [0.717, 1.165) is 32.1 Å². The Bertz CT molecular complexity index is 439. The number of phenolic OH excluding ortho intramolecular Hbond substituents is 1. The van der Waals surface area contributed by atoms with E-state index in [1.54, 1.807) is 12.1 Å². The standard InChI is InChI=1S/C18H26O2/c1-3-4-13-18(2,14-5-9-16(19)10-6-14)15-7-11-17(20)12-8-15/h5-6,9-10,15,19H,3-4,7-8,11-13H2,1-2H3. The minimum atomic E-state index is 0.129. The second kappa shape index (κ2) is 6.43. The molecule has 1 saturated carbocycles. The van der Waals surface area contributed by atoms with Gasteiger partial charge in [0.25, 0.3) is 0 Å². The van der Waals surface area contributed by atoms with E-state index in [1.165, 1.54) is 18.4 Å². The molecule has 0 spiro atoms. The summed E-state index contributed by atoms with van der Waals surface area (Å²) in [5, 5.41) is 9.50. The monoisotopic (exact) mass is 274 g/mol. The highest BCUT2D eigenvalue weighted by molar-refractivity contribution is 5.79. The molecule has 2 heteroatoms. The van der Waals surface area contributed by atoms with Crippen molar-refractivity contribution in [3.8, 4) is 5.75 Å². The maximum absolute atomic E-state index is 11.5. The number of Topliss-reactive ketones (excluding diaryl/α,β-unsaturated/α-hetero) is 1. The first-order valence-electron chi connectivity index (χ1n) is 7.87. The molecule has 1 aliphatic carbocycles. The summed E-state index contributed by atoms with van der Waals surface area (Å²) in [4.78, 5) is 11.5. The fourth-order valence-electron chi connectivity index (χ4n) is 3.55. The first-order chi connectivity index (χ1) is 9.56. The van der Waals surface area contributed by atoms with Crippen molar-refractivity contribution < 1.29 is 9.90 Å². The summed E-state index contributed by atoms with van der Waals surface area (Å²) in [5.74, 6) is 1.33. The van der Waals surface area contributed by atoms with E-state index >= 15 is 0 Å². The van der Waals surface area contributed by atoms with Gasteiger partial charge in [0.1, 0.15) is 11.5 Å². The lowest BCUT2D eigenvalue weighted by Crippen LogP contribution is -2.35. The Labute approximate surface area is 122 Å². The lowest BCUT2D eigenvalue weighted by Gasteiger charge is -2.40. The van der Waals surface area contributed by atoms with Crippen molar-refractivity contribution in [1.29, 1.82) is 0 Å². The summed E-state index contributed by atoms with van der Waals surface area (Å²) in [6.07, 6.45) is 7.07. The number of phenols is 1. The molecule has 1 fully saturated rings. The number of ketones is 1. The maximum Gasteiger partial charge on any atom is 0.132 e. The molecular weight excluding hydrogens is 248 g/mol. The van der Waals surface area contributed by atoms with Gasteiger partial charge in [-0.3, -0.25) is 4.79 Å². The largest absolute Gasteiger partial charge is 0.508 e. The van der Waals surface area contributed by atoms with Crippen LogP contribution >= 0.6 is 0 Å². The van der Waals surface area contributed by atoms with Gasteiger partial charge in [-0.15, -0.1) is 0 Å². The highest BCUT2D eigenvalue weighted by Gasteiger charge is 2.37. The van der Waals surface area contributed by atoms with Gasteiger partial charge in [-0.25, -0.2) is 0 Å². The fourth-order valence-corrected chi connectivity index (χ4v) is 3.55. The Kier molecular flexibility index (Phi) is 4.85. The topological polar surface area (TPSA) is 37.3 Å². The molecule has 0 amide bonds. The van der Waals surface area contributed by atoms with Crippen LogP contribution in [0.25, 0.3) is 0 Å². The number of hydrogen-bond acceptors (Lipinski definition) is 2. The number of carbonyl (C=O) groups is 1. The van der Waals surface area contributed by atoms with Crippen molar-refractivity contribution in [2.45, 2.75) is 64.2 Å². The van der Waals surface area contributed by atoms with Crippen LogP contribution in [0.5, 0.6) is 5.75 Å². The van der Waals surface area contributed by atoms with Gasteiger partial charge in [0.05, 0.1) is 0 Å². The van der Waals surface area contributed by atoms with Crippen LogP contribution < -0.4 is 0 Å². The Morgan fingerprint density at radius 1 is 1.20 bits per heavy atom. The lowest BCUT2D eigenvalue weighted by molar-refractivity contribution is -0.121. The van der Waals surface area contributed by atoms with E-state index in [9.17, 15) is 9.90 Å². The van der Waals surface area contributed by atoms with Gasteiger partial charge >= 0.3 is 0 Å². The maximum atomic E-state index is 11.5. The molecule has 110 valence electrons. The molecule has 0 radical (unpaired) electrons. The van der Waals surface area contributed by atoms with Gasteiger partial charge in [-0.05, 0) is 48.3 Å². The SMILES string of the molecule is CCCCC(C)(c1ccc(O)cc1)C1CCC(=O)CC1. The van der Waals surface area contributed by atoms with Crippen molar-refractivity contribution in [1.82, 2.24) is 0 Å². The minimum absolute atomic E-state index is 0.129. The molecule has 1 aliphatic rings. The van der Waals surface area contributed by atoms with E-state index in [0.29, 0.717) is 17.5 Å². The molecule has 0 aliphatic heterocycles. The Morgan fingerprint density at radius 2 is 1.80 bits per heavy atom. The van der Waals surface area contributed by atoms with Crippen LogP contribution in [-0.2, 0) is 10.2 Å². The summed E-state index contributed by atoms with van der Waals surface area (Å²) in [6, 6.07) is 7.68. The van der Waals surface area contributed by atoms with Crippen molar-refractivity contribution >= 4 is 5.78 Å². The quantitative estimate of drug-likeness (QED) is 0.852. The van der Waals surface area contributed by atoms with Crippen molar-refractivity contribution in [3.63, 3.8) is 0 Å². The number of rotatable bonds is 5. The number of hydrogen-bond donors (Lipinski definition) is 1. The molecule has 1 unspecified atom stereocenters. The molecule has 0 bridgehead atoms. The lowest BCUT2D eigenvalue weighted by atomic mass is 9.64. The number of unbranched alkanes of at least 4 members (excludes halogenated alkanes) is 1. The Balaban J connectivity index is 2.24. The second-order valence-corrected chi connectivity index (χ2v) is 6.38. The highest BCUT2D eigenvalue weighted by atomic mass is 16.3. The van der Waals surface area contributed by atoms with E-state index in [2.05, 4.69) is 26.0 Å². The van der Waals surface area contributed by atoms with Crippen LogP contribution in [0.2, 0.25) is 0 Å². The molecule has 2 nitrogen and oxygen atoms in total. The predicted octanol–water partition coefficient (Wildman–Crippen LogP) is 4.60. The molecule has 1 N–H and O–H groups in total. The van der Waals surface area contributed by atoms with Gasteiger partial charge in [0, 0.05) is 12.8 Å². The number of aromatic hydroxyl groups is 1. The van der Waals surface area contributed by atoms with Crippen molar-refractivity contribution in [2.24, 2.45) is 5.92 Å². The van der Waals surface area contributed by atoms with Gasteiger partial charge in [0.2, 0.25) is 0 Å². The zero-order valence-electron chi connectivity index (χ0n) is 12.7. The van der Waals surface area contributed by atoms with Gasteiger partial charge < -0.3 is 5.11 Å². The molecule has 0 heterocycles. The number of carbonyl (C=O) groups excluding carboxylic acids is 1. The molecule has 1 aromatic rings. The molecule has 0 aromatic heterocycles. The van der Waals surface area contributed by atoms with Crippen LogP contribution in [0.4, 0.5) is 0 Å². The summed E-state index contributed by atoms with van der Waals surface area (Å²) in [6.45, 7) is 4.57. The molecule has 20 heavy (non-hydrogen) atoms. The average Bonchev–Trinajstić information content (AvgIpc) is 2.46.